The van der Waals surface area contributed by atoms with Gasteiger partial charge in [0, 0.05) is 69.4 Å². The van der Waals surface area contributed by atoms with Gasteiger partial charge in [-0.25, -0.2) is 9.59 Å². The third kappa shape index (κ3) is 23.4. The van der Waals surface area contributed by atoms with E-state index in [2.05, 4.69) is 50.2 Å². The van der Waals surface area contributed by atoms with E-state index in [-0.39, 0.29) is 111 Å². The molecule has 1 aromatic rings. The minimum Gasteiger partial charge on any atom is -0.459 e. The molecule has 0 aromatic heterocycles. The molecule has 10 N–H and O–H groups in total. The number of unbranched alkanes of at least 4 members (excludes halogenated alkanes) is 2. The summed E-state index contributed by atoms with van der Waals surface area (Å²) in [6.07, 6.45) is 14.8. The van der Waals surface area contributed by atoms with Gasteiger partial charge >= 0.3 is 18.1 Å². The number of amides is 10. The fourth-order valence-electron chi connectivity index (χ4n) is 11.4. The summed E-state index contributed by atoms with van der Waals surface area (Å²) in [6, 6.07) is 3.67. The molecule has 1 aromatic carbocycles. The number of nitrogens with one attached hydrogen (secondary N) is 7. The number of alkyl carbamates (subject to hydrolysis) is 1. The van der Waals surface area contributed by atoms with Crippen LogP contribution in [0.3, 0.4) is 0 Å². The second-order valence-corrected chi connectivity index (χ2v) is 24.5. The normalized spacial score (nSPS) is 26.1. The SMILES string of the molecule is CC(=O)OC(C)C=CC(=O)NC1CC(C)C(CC=C(C)C=CC2OC(CC(=O)NC3CCC(CNC(=O)OCc4ccc(NC(=O)C(CCCNC(N)=O)NC(=O)C(NC(=O)CCCCCN5C(=O)C=CC5=O)C(C)C)cc4)CC3)CC3(CO3)C2O)OC1C. The molecule has 0 bridgehead atoms. The Morgan fingerprint density at radius 2 is 1.56 bits per heavy atom. The molecule has 490 valence electrons. The zero-order valence-electron chi connectivity index (χ0n) is 52.4. The second-order valence-electron chi connectivity index (χ2n) is 24.5. The Kier molecular flexibility index (Phi) is 27.4. The highest BCUT2D eigenvalue weighted by Gasteiger charge is 2.58. The first-order valence-corrected chi connectivity index (χ1v) is 31.3. The Hall–Kier alpha value is -7.48. The van der Waals surface area contributed by atoms with E-state index < -0.39 is 72.0 Å². The van der Waals surface area contributed by atoms with Crippen LogP contribution < -0.4 is 43.0 Å². The van der Waals surface area contributed by atoms with Gasteiger partial charge in [-0.05, 0) is 127 Å². The zero-order valence-corrected chi connectivity index (χ0v) is 52.4. The van der Waals surface area contributed by atoms with Crippen molar-refractivity contribution in [2.45, 2.75) is 211 Å². The van der Waals surface area contributed by atoms with Crippen LogP contribution in [-0.4, -0.2) is 162 Å². The lowest BCUT2D eigenvalue weighted by atomic mass is 9.85. The van der Waals surface area contributed by atoms with Crippen molar-refractivity contribution in [1.82, 2.24) is 36.8 Å². The Morgan fingerprint density at radius 3 is 2.22 bits per heavy atom. The number of esters is 1. The maximum atomic E-state index is 13.6. The summed E-state index contributed by atoms with van der Waals surface area (Å²) in [5.74, 6) is -3.03. The van der Waals surface area contributed by atoms with Crippen LogP contribution in [0, 0.1) is 17.8 Å². The maximum absolute atomic E-state index is 13.6. The summed E-state index contributed by atoms with van der Waals surface area (Å²) in [7, 11) is 0. The number of nitrogens with two attached hydrogens (primary N) is 1. The third-order valence-electron chi connectivity index (χ3n) is 16.7. The van der Waals surface area contributed by atoms with E-state index in [1.54, 1.807) is 45.0 Å². The number of aliphatic hydroxyl groups excluding tert-OH is 1. The maximum Gasteiger partial charge on any atom is 0.407 e. The molecule has 25 nitrogen and oxygen atoms in total. The van der Waals surface area contributed by atoms with E-state index in [0.29, 0.717) is 62.9 Å². The molecule has 5 aliphatic rings. The number of benzene rings is 1. The molecule has 6 rings (SSSR count). The minimum atomic E-state index is -1.06. The number of epoxide rings is 1. The molecule has 1 aliphatic carbocycles. The molecular weight excluding hydrogens is 1150 g/mol. The topological polar surface area (TPSA) is 354 Å². The molecule has 4 aliphatic heterocycles. The van der Waals surface area contributed by atoms with E-state index in [0.717, 1.165) is 42.6 Å². The van der Waals surface area contributed by atoms with Gasteiger partial charge in [0.05, 0.1) is 37.4 Å². The number of rotatable bonds is 31. The van der Waals surface area contributed by atoms with Crippen molar-refractivity contribution < 1.29 is 76.7 Å². The first-order valence-electron chi connectivity index (χ1n) is 31.3. The highest BCUT2D eigenvalue weighted by Crippen LogP contribution is 2.43. The number of allylic oxidation sites excluding steroid dienone is 2. The van der Waals surface area contributed by atoms with Gasteiger partial charge in [-0.1, -0.05) is 63.1 Å². The lowest BCUT2D eigenvalue weighted by molar-refractivity contribution is -0.146. The molecule has 0 radical (unpaired) electrons. The van der Waals surface area contributed by atoms with Crippen molar-refractivity contribution in [1.29, 1.82) is 0 Å². The second kappa shape index (κ2) is 34.5. The molecule has 4 heterocycles. The summed E-state index contributed by atoms with van der Waals surface area (Å²) < 4.78 is 29.0. The summed E-state index contributed by atoms with van der Waals surface area (Å²) >= 11 is 0. The average Bonchev–Trinajstić information content (AvgIpc) is 1.91. The van der Waals surface area contributed by atoms with E-state index in [1.165, 1.54) is 31.2 Å². The highest BCUT2D eigenvalue weighted by atomic mass is 16.6. The van der Waals surface area contributed by atoms with Gasteiger partial charge in [0.1, 0.15) is 42.6 Å². The number of carbonyl (C=O) groups is 10. The number of carbonyl (C=O) groups excluding carboxylic acids is 10. The quantitative estimate of drug-likeness (QED) is 0.0124. The number of urea groups is 1. The van der Waals surface area contributed by atoms with Gasteiger partial charge in [0.15, 0.2) is 0 Å². The Morgan fingerprint density at radius 1 is 0.854 bits per heavy atom. The largest absolute Gasteiger partial charge is 0.459 e. The fraction of sp³-hybridized carbons (Fsp3) is 0.625. The molecule has 25 heteroatoms. The van der Waals surface area contributed by atoms with Gasteiger partial charge in [-0.2, -0.15) is 0 Å². The Labute approximate surface area is 521 Å². The average molecular weight is 1240 g/mol. The number of imide groups is 1. The summed E-state index contributed by atoms with van der Waals surface area (Å²) in [5.41, 5.74) is 6.47. The molecule has 1 spiro atoms. The fourth-order valence-corrected chi connectivity index (χ4v) is 11.4. The number of ether oxygens (including phenoxy) is 5. The molecule has 11 atom stereocenters. The number of aliphatic hydroxyl groups is 1. The van der Waals surface area contributed by atoms with Gasteiger partial charge in [-0.3, -0.25) is 43.3 Å². The van der Waals surface area contributed by atoms with Gasteiger partial charge in [0.25, 0.3) is 11.8 Å². The van der Waals surface area contributed by atoms with Crippen LogP contribution in [0.5, 0.6) is 0 Å². The van der Waals surface area contributed by atoms with Crippen molar-refractivity contribution in [2.24, 2.45) is 23.5 Å². The van der Waals surface area contributed by atoms with E-state index in [4.69, 9.17) is 29.4 Å². The zero-order chi connectivity index (χ0) is 64.8. The van der Waals surface area contributed by atoms with Crippen LogP contribution >= 0.6 is 0 Å². The standard InChI is InChI=1S/C64H93N9O16/c1-38(2)58(72-53(75)13-9-8-10-31-73-56(78)28-29-57(73)79)61(82)71-49(12-11-30-66-62(65)83)60(81)69-47-23-19-45(20-24-47)36-85-63(84)67-35-44-17-21-46(22-18-44)68-55(77)33-48-34-64(37-86-64)59(80)52(89-48)26-15-39(3)14-25-51-40(4)32-50(42(6)88-51)70-54(76)27-16-41(5)87-43(7)74/h14-16,19-20,23-24,26-29,38,40-42,44,46,48-52,58-59,80H,8-13,17-18,21-22,25,30-37H2,1-7H3,(H,67,84)(H,68,77)(H,69,81)(H,70,76)(H,71,82)(H,72,75)(H3,65,66,83). The van der Waals surface area contributed by atoms with Crippen LogP contribution in [0.1, 0.15) is 144 Å². The van der Waals surface area contributed by atoms with Gasteiger partial charge < -0.3 is 71.7 Å². The third-order valence-corrected chi connectivity index (χ3v) is 16.7. The molecule has 1 saturated carbocycles. The smallest absolute Gasteiger partial charge is 0.407 e. The minimum absolute atomic E-state index is 0.0362. The predicted molar refractivity (Wildman–Crippen MR) is 328 cm³/mol. The number of hydrogen-bond acceptors (Lipinski definition) is 16. The van der Waals surface area contributed by atoms with Crippen molar-refractivity contribution in [3.8, 4) is 0 Å². The first kappa shape index (κ1) is 70.6. The van der Waals surface area contributed by atoms with Crippen LogP contribution in [0.2, 0.25) is 0 Å². The van der Waals surface area contributed by atoms with E-state index in [9.17, 15) is 53.1 Å². The van der Waals surface area contributed by atoms with Crippen molar-refractivity contribution in [3.05, 3.63) is 77.9 Å². The summed E-state index contributed by atoms with van der Waals surface area (Å²) in [6.45, 7) is 13.7. The van der Waals surface area contributed by atoms with Gasteiger partial charge in [-0.15, -0.1) is 0 Å². The van der Waals surface area contributed by atoms with E-state index >= 15 is 0 Å². The molecule has 4 fully saturated rings. The first-order chi connectivity index (χ1) is 42.4. The number of primary amides is 1. The predicted octanol–water partition coefficient (Wildman–Crippen LogP) is 4.46. The highest BCUT2D eigenvalue weighted by molar-refractivity contribution is 6.12. The summed E-state index contributed by atoms with van der Waals surface area (Å²) in [5, 5.41) is 31.1. The monoisotopic (exact) mass is 1240 g/mol. The Bertz CT molecular complexity index is 2740. The summed E-state index contributed by atoms with van der Waals surface area (Å²) in [4.78, 5) is 126. The number of hydrogen-bond donors (Lipinski definition) is 9. The van der Waals surface area contributed by atoms with Crippen molar-refractivity contribution in [2.75, 3.05) is 31.6 Å². The molecular formula is C64H93N9O16. The van der Waals surface area contributed by atoms with E-state index in [1.807, 2.05) is 26.0 Å². The lowest BCUT2D eigenvalue weighted by Gasteiger charge is -2.39. The molecule has 89 heavy (non-hydrogen) atoms. The van der Waals surface area contributed by atoms with Crippen LogP contribution in [0.4, 0.5) is 15.3 Å². The van der Waals surface area contributed by atoms with Gasteiger partial charge in [0.2, 0.25) is 29.5 Å². The van der Waals surface area contributed by atoms with Crippen molar-refractivity contribution >= 4 is 65.1 Å². The van der Waals surface area contributed by atoms with Crippen LogP contribution in [0.15, 0.2) is 72.4 Å². The van der Waals surface area contributed by atoms with Crippen LogP contribution in [0.25, 0.3) is 0 Å². The molecule has 11 unspecified atom stereocenters. The molecule has 10 amide bonds. The molecule has 3 saturated heterocycles. The Balaban J connectivity index is 0.868. The number of nitrogens with zero attached hydrogens (tertiary/aromatic N) is 1. The lowest BCUT2D eigenvalue weighted by Crippen LogP contribution is -2.54. The number of anilines is 1. The van der Waals surface area contributed by atoms with Crippen molar-refractivity contribution in [3.63, 3.8) is 0 Å². The van der Waals surface area contributed by atoms with Crippen LogP contribution in [-0.2, 0) is 68.6 Å².